The highest BCUT2D eigenvalue weighted by atomic mass is 32.2. The van der Waals surface area contributed by atoms with E-state index in [2.05, 4.69) is 4.72 Å². The Morgan fingerprint density at radius 1 is 1.43 bits per heavy atom. The summed E-state index contributed by atoms with van der Waals surface area (Å²) in [5.74, 6) is -0.518. The van der Waals surface area contributed by atoms with Gasteiger partial charge in [0.15, 0.2) is 0 Å². The number of aryl methyl sites for hydroxylation is 1. The number of carbonyl (C=O) groups is 1. The average molecular weight is 313 g/mol. The van der Waals surface area contributed by atoms with Crippen molar-refractivity contribution in [3.05, 3.63) is 29.3 Å². The molecule has 0 amide bonds. The van der Waals surface area contributed by atoms with Crippen LogP contribution in [0, 0.1) is 12.8 Å². The van der Waals surface area contributed by atoms with Crippen molar-refractivity contribution in [3.63, 3.8) is 0 Å². The van der Waals surface area contributed by atoms with E-state index in [0.29, 0.717) is 24.7 Å². The molecule has 0 heterocycles. The van der Waals surface area contributed by atoms with Crippen LogP contribution in [-0.2, 0) is 14.8 Å². The van der Waals surface area contributed by atoms with Crippen molar-refractivity contribution in [1.29, 1.82) is 0 Å². The predicted molar refractivity (Wildman–Crippen MR) is 76.9 cm³/mol. The molecule has 0 atom stereocenters. The summed E-state index contributed by atoms with van der Waals surface area (Å²) in [4.78, 5) is 10.9. The number of ether oxygens (including phenoxy) is 1. The molecule has 0 spiro atoms. The van der Waals surface area contributed by atoms with E-state index in [-0.39, 0.29) is 17.0 Å². The molecule has 2 rings (SSSR count). The maximum absolute atomic E-state index is 12.2. The van der Waals surface area contributed by atoms with Crippen LogP contribution in [0.15, 0.2) is 23.1 Å². The molecule has 1 aliphatic carbocycles. The fraction of sp³-hybridized carbons (Fsp3) is 0.500. The Morgan fingerprint density at radius 3 is 2.76 bits per heavy atom. The summed E-state index contributed by atoms with van der Waals surface area (Å²) in [6.07, 6.45) is 2.37. The highest BCUT2D eigenvalue weighted by Crippen LogP contribution is 2.28. The molecule has 1 aliphatic rings. The highest BCUT2D eigenvalue weighted by molar-refractivity contribution is 7.89. The van der Waals surface area contributed by atoms with Crippen molar-refractivity contribution in [1.82, 2.24) is 4.72 Å². The molecule has 0 aliphatic heterocycles. The van der Waals surface area contributed by atoms with Gasteiger partial charge in [-0.15, -0.1) is 0 Å². The molecule has 6 nitrogen and oxygen atoms in total. The Bertz CT molecular complexity index is 622. The third kappa shape index (κ3) is 4.52. The van der Waals surface area contributed by atoms with Gasteiger partial charge in [-0.1, -0.05) is 6.07 Å². The van der Waals surface area contributed by atoms with Crippen LogP contribution in [-0.4, -0.2) is 39.3 Å². The van der Waals surface area contributed by atoms with Gasteiger partial charge in [0.05, 0.1) is 17.1 Å². The fourth-order valence-electron chi connectivity index (χ4n) is 1.88. The number of rotatable bonds is 8. The summed E-state index contributed by atoms with van der Waals surface area (Å²) in [6, 6.07) is 4.04. The van der Waals surface area contributed by atoms with Crippen LogP contribution in [0.1, 0.15) is 28.8 Å². The first kappa shape index (κ1) is 15.9. The van der Waals surface area contributed by atoms with Gasteiger partial charge in [-0.3, -0.25) is 0 Å². The summed E-state index contributed by atoms with van der Waals surface area (Å²) < 4.78 is 32.1. The van der Waals surface area contributed by atoms with E-state index >= 15 is 0 Å². The first-order valence-electron chi connectivity index (χ1n) is 6.81. The standard InChI is InChI=1S/C14H19NO5S/c1-10-2-5-12(14(16)17)8-13(10)21(18,19)15-6-7-20-9-11-3-4-11/h2,5,8,11,15H,3-4,6-7,9H2,1H3,(H,16,17). The maximum Gasteiger partial charge on any atom is 0.335 e. The number of carboxylic acids is 1. The molecular formula is C14H19NO5S. The molecule has 1 aromatic rings. The number of carboxylic acid groups (broad SMARTS) is 1. The SMILES string of the molecule is Cc1ccc(C(=O)O)cc1S(=O)(=O)NCCOCC1CC1. The van der Waals surface area contributed by atoms with Gasteiger partial charge in [0, 0.05) is 13.2 Å². The van der Waals surface area contributed by atoms with E-state index < -0.39 is 16.0 Å². The van der Waals surface area contributed by atoms with Crippen LogP contribution in [0.2, 0.25) is 0 Å². The third-order valence-electron chi connectivity index (χ3n) is 3.31. The van der Waals surface area contributed by atoms with Crippen molar-refractivity contribution in [3.8, 4) is 0 Å². The van der Waals surface area contributed by atoms with Crippen LogP contribution in [0.25, 0.3) is 0 Å². The minimum atomic E-state index is -3.73. The van der Waals surface area contributed by atoms with Crippen molar-refractivity contribution in [2.75, 3.05) is 19.8 Å². The number of hydrogen-bond acceptors (Lipinski definition) is 4. The molecule has 2 N–H and O–H groups in total. The molecule has 21 heavy (non-hydrogen) atoms. The normalized spacial score (nSPS) is 15.1. The Labute approximate surface area is 124 Å². The van der Waals surface area contributed by atoms with Crippen LogP contribution in [0.4, 0.5) is 0 Å². The van der Waals surface area contributed by atoms with Crippen molar-refractivity contribution < 1.29 is 23.1 Å². The number of benzene rings is 1. The zero-order valence-electron chi connectivity index (χ0n) is 11.8. The van der Waals surface area contributed by atoms with E-state index in [9.17, 15) is 13.2 Å². The van der Waals surface area contributed by atoms with Crippen molar-refractivity contribution in [2.45, 2.75) is 24.7 Å². The predicted octanol–water partition coefficient (Wildman–Crippen LogP) is 1.40. The second kappa shape index (κ2) is 6.55. The maximum atomic E-state index is 12.2. The Balaban J connectivity index is 1.97. The molecule has 116 valence electrons. The number of nitrogens with one attached hydrogen (secondary N) is 1. The third-order valence-corrected chi connectivity index (χ3v) is 4.92. The van der Waals surface area contributed by atoms with E-state index in [4.69, 9.17) is 9.84 Å². The Kier molecular flexibility index (Phi) is 4.97. The summed E-state index contributed by atoms with van der Waals surface area (Å²) in [5.41, 5.74) is 0.456. The molecule has 7 heteroatoms. The smallest absolute Gasteiger partial charge is 0.335 e. The number of sulfonamides is 1. The molecule has 0 bridgehead atoms. The largest absolute Gasteiger partial charge is 0.478 e. The topological polar surface area (TPSA) is 92.7 Å². The minimum Gasteiger partial charge on any atom is -0.478 e. The van der Waals surface area contributed by atoms with E-state index in [1.54, 1.807) is 6.92 Å². The van der Waals surface area contributed by atoms with Gasteiger partial charge in [-0.25, -0.2) is 17.9 Å². The quantitative estimate of drug-likeness (QED) is 0.708. The van der Waals surface area contributed by atoms with Gasteiger partial charge in [0.25, 0.3) is 0 Å². The number of hydrogen-bond donors (Lipinski definition) is 2. The van der Waals surface area contributed by atoms with Crippen LogP contribution < -0.4 is 4.72 Å². The zero-order chi connectivity index (χ0) is 15.5. The molecule has 1 aromatic carbocycles. The second-order valence-electron chi connectivity index (χ2n) is 5.20. The van der Waals surface area contributed by atoms with Crippen LogP contribution in [0.3, 0.4) is 0 Å². The fourth-order valence-corrected chi connectivity index (χ4v) is 3.16. The molecule has 0 unspecified atom stereocenters. The summed E-state index contributed by atoms with van der Waals surface area (Å²) in [7, 11) is -3.73. The minimum absolute atomic E-state index is 0.00964. The first-order valence-corrected chi connectivity index (χ1v) is 8.30. The number of aromatic carboxylic acids is 1. The molecular weight excluding hydrogens is 294 g/mol. The molecule has 0 radical (unpaired) electrons. The van der Waals surface area contributed by atoms with Crippen molar-refractivity contribution in [2.24, 2.45) is 5.92 Å². The second-order valence-corrected chi connectivity index (χ2v) is 6.94. The summed E-state index contributed by atoms with van der Waals surface area (Å²) in [6.45, 7) is 2.79. The summed E-state index contributed by atoms with van der Waals surface area (Å²) in [5, 5.41) is 8.93. The van der Waals surface area contributed by atoms with Crippen molar-refractivity contribution >= 4 is 16.0 Å². The van der Waals surface area contributed by atoms with E-state index in [0.717, 1.165) is 0 Å². The van der Waals surface area contributed by atoms with E-state index in [1.807, 2.05) is 0 Å². The lowest BCUT2D eigenvalue weighted by molar-refractivity contribution is 0.0696. The zero-order valence-corrected chi connectivity index (χ0v) is 12.6. The van der Waals surface area contributed by atoms with Gasteiger partial charge in [-0.05, 0) is 43.4 Å². The highest BCUT2D eigenvalue weighted by Gasteiger charge is 2.21. The van der Waals surface area contributed by atoms with E-state index in [1.165, 1.54) is 31.0 Å². The molecule has 1 saturated carbocycles. The lowest BCUT2D eigenvalue weighted by atomic mass is 10.1. The molecule has 0 saturated heterocycles. The van der Waals surface area contributed by atoms with Gasteiger partial charge < -0.3 is 9.84 Å². The molecule has 0 aromatic heterocycles. The lowest BCUT2D eigenvalue weighted by Crippen LogP contribution is -2.28. The van der Waals surface area contributed by atoms with Crippen LogP contribution in [0.5, 0.6) is 0 Å². The monoisotopic (exact) mass is 313 g/mol. The van der Waals surface area contributed by atoms with Gasteiger partial charge in [0.2, 0.25) is 10.0 Å². The Morgan fingerprint density at radius 2 is 2.14 bits per heavy atom. The van der Waals surface area contributed by atoms with Gasteiger partial charge in [0.1, 0.15) is 0 Å². The molecule has 1 fully saturated rings. The van der Waals surface area contributed by atoms with Gasteiger partial charge >= 0.3 is 5.97 Å². The van der Waals surface area contributed by atoms with Gasteiger partial charge in [-0.2, -0.15) is 0 Å². The Hall–Kier alpha value is -1.44. The van der Waals surface area contributed by atoms with Crippen LogP contribution >= 0.6 is 0 Å². The lowest BCUT2D eigenvalue weighted by Gasteiger charge is -2.10. The first-order chi connectivity index (χ1) is 9.90. The average Bonchev–Trinajstić information content (AvgIpc) is 3.22. The summed E-state index contributed by atoms with van der Waals surface area (Å²) >= 11 is 0.